The molecule has 5 rings (SSSR count). The molecule has 0 heterocycles. The van der Waals surface area contributed by atoms with Gasteiger partial charge < -0.3 is 0 Å². The van der Waals surface area contributed by atoms with Crippen molar-refractivity contribution in [2.24, 2.45) is 0 Å². The van der Waals surface area contributed by atoms with Gasteiger partial charge in [0.15, 0.2) is 0 Å². The van der Waals surface area contributed by atoms with Crippen LogP contribution in [0.4, 0.5) is 0 Å². The van der Waals surface area contributed by atoms with Crippen LogP contribution in [-0.2, 0) is 6.42 Å². The molecule has 0 spiro atoms. The predicted octanol–water partition coefficient (Wildman–Crippen LogP) is 5.93. The molecule has 0 N–H and O–H groups in total. The Kier molecular flexibility index (Phi) is 4.83. The van der Waals surface area contributed by atoms with Crippen LogP contribution < -0.4 is 0 Å². The Morgan fingerprint density at radius 2 is 1.36 bits per heavy atom. The third-order valence-corrected chi connectivity index (χ3v) is 9.69. The van der Waals surface area contributed by atoms with Gasteiger partial charge in [0, 0.05) is 23.7 Å². The molecule has 2 saturated carbocycles. The summed E-state index contributed by atoms with van der Waals surface area (Å²) in [4.78, 5) is 0. The van der Waals surface area contributed by atoms with E-state index in [2.05, 4.69) is 111 Å². The summed E-state index contributed by atoms with van der Waals surface area (Å²) in [7, 11) is -1.83. The number of allylic oxidation sites excluding steroid dienone is 8. The van der Waals surface area contributed by atoms with Gasteiger partial charge >= 0.3 is 0 Å². The molecule has 136 valence electrons. The van der Waals surface area contributed by atoms with Gasteiger partial charge in [-0.15, -0.1) is 0 Å². The van der Waals surface area contributed by atoms with Crippen molar-refractivity contribution in [1.82, 2.24) is 0 Å². The molecule has 1 aromatic rings. The van der Waals surface area contributed by atoms with E-state index >= 15 is 0 Å². The minimum absolute atomic E-state index is 0.994. The van der Waals surface area contributed by atoms with Crippen LogP contribution in [0.2, 0.25) is 13.1 Å². The third-order valence-electron chi connectivity index (χ3n) is 6.15. The van der Waals surface area contributed by atoms with Crippen LogP contribution in [0.5, 0.6) is 0 Å². The van der Waals surface area contributed by atoms with Crippen molar-refractivity contribution >= 4 is 8.07 Å². The first-order chi connectivity index (χ1) is 13.6. The number of rotatable bonds is 4. The fraction of sp³-hybridized carbons (Fsp3) is 0.111. The van der Waals surface area contributed by atoms with Gasteiger partial charge in [0.2, 0.25) is 0 Å². The van der Waals surface area contributed by atoms with Gasteiger partial charge in [-0.25, -0.2) is 0 Å². The number of benzene rings is 1. The van der Waals surface area contributed by atoms with Crippen molar-refractivity contribution in [1.29, 1.82) is 0 Å². The average Bonchev–Trinajstić information content (AvgIpc) is 3.32. The molecule has 0 aromatic heterocycles. The highest BCUT2D eigenvalue weighted by atomic mass is 28.3. The SMILES string of the molecule is C[Si](C)([C]1[CH][CH][C]2C=CC=C[C]21)[C]1[CH][C](Cc2ccccc2)[C]2C=CC=C[C]21. The van der Waals surface area contributed by atoms with Gasteiger partial charge in [0.1, 0.15) is 0 Å². The molecule has 0 amide bonds. The van der Waals surface area contributed by atoms with Crippen LogP contribution >= 0.6 is 0 Å². The molecule has 0 unspecified atom stereocenters. The first-order valence-electron chi connectivity index (χ1n) is 10.0. The Hall–Kier alpha value is -1.60. The van der Waals surface area contributed by atoms with Gasteiger partial charge in [-0.3, -0.25) is 0 Å². The Balaban J connectivity index is 1.41. The van der Waals surface area contributed by atoms with E-state index in [1.807, 2.05) is 0 Å². The first-order valence-corrected chi connectivity index (χ1v) is 13.0. The number of hydrogen-bond donors (Lipinski definition) is 0. The van der Waals surface area contributed by atoms with Crippen molar-refractivity contribution in [2.75, 3.05) is 0 Å². The van der Waals surface area contributed by atoms with Crippen LogP contribution in [0, 0.1) is 59.9 Å². The lowest BCUT2D eigenvalue weighted by Gasteiger charge is -2.40. The molecule has 10 radical (unpaired) electrons. The van der Waals surface area contributed by atoms with E-state index in [1.165, 1.54) is 35.2 Å². The molecule has 4 aliphatic rings. The molecule has 2 fully saturated rings. The maximum absolute atomic E-state index is 2.51. The lowest BCUT2D eigenvalue weighted by molar-refractivity contribution is 0.981. The minimum atomic E-state index is -1.83. The van der Waals surface area contributed by atoms with E-state index in [4.69, 9.17) is 0 Å². The van der Waals surface area contributed by atoms with E-state index in [1.54, 1.807) is 11.1 Å². The monoisotopic (exact) mass is 376 g/mol. The Morgan fingerprint density at radius 1 is 0.679 bits per heavy atom. The molecular weight excluding hydrogens is 352 g/mol. The zero-order valence-electron chi connectivity index (χ0n) is 16.4. The highest BCUT2D eigenvalue weighted by Crippen LogP contribution is 2.59. The number of fused-ring (bicyclic) bond motifs is 2. The lowest BCUT2D eigenvalue weighted by atomic mass is 9.83. The van der Waals surface area contributed by atoms with Crippen LogP contribution in [0.25, 0.3) is 0 Å². The molecule has 0 aliphatic heterocycles. The van der Waals surface area contributed by atoms with Crippen LogP contribution in [0.1, 0.15) is 5.56 Å². The normalized spacial score (nSPS) is 25.1. The van der Waals surface area contributed by atoms with Crippen LogP contribution in [-0.4, -0.2) is 8.07 Å². The molecule has 4 aliphatic carbocycles. The lowest BCUT2D eigenvalue weighted by Crippen LogP contribution is -2.45. The molecule has 0 saturated heterocycles. The molecule has 1 aromatic carbocycles. The van der Waals surface area contributed by atoms with Crippen molar-refractivity contribution in [3.8, 4) is 0 Å². The quantitative estimate of drug-likeness (QED) is 0.571. The van der Waals surface area contributed by atoms with Crippen molar-refractivity contribution in [2.45, 2.75) is 19.5 Å². The van der Waals surface area contributed by atoms with Gasteiger partial charge in [0.25, 0.3) is 0 Å². The van der Waals surface area contributed by atoms with E-state index in [-0.39, 0.29) is 0 Å². The largest absolute Gasteiger partial charge is 0.0762 e. The Morgan fingerprint density at radius 3 is 2.14 bits per heavy atom. The summed E-state index contributed by atoms with van der Waals surface area (Å²) in [6.45, 7) is 5.01. The molecule has 28 heavy (non-hydrogen) atoms. The smallest absolute Gasteiger partial charge is 0.0635 e. The summed E-state index contributed by atoms with van der Waals surface area (Å²) in [6, 6.07) is 10.8. The molecular formula is C27H24Si. The molecule has 1 heteroatoms. The van der Waals surface area contributed by atoms with Gasteiger partial charge in [0.05, 0.1) is 8.07 Å². The average molecular weight is 377 g/mol. The maximum atomic E-state index is 2.51. The first kappa shape index (κ1) is 18.4. The maximum Gasteiger partial charge on any atom is 0.0635 e. The highest BCUT2D eigenvalue weighted by molar-refractivity contribution is 6.90. The Bertz CT molecular complexity index is 812. The number of hydrogen-bond acceptors (Lipinski definition) is 0. The molecule has 0 atom stereocenters. The molecule has 0 bridgehead atoms. The van der Waals surface area contributed by atoms with E-state index in [0.717, 1.165) is 6.42 Å². The standard InChI is InChI=1S/C27H24Si/c1-28(2,26-17-16-21-12-6-7-14-24(21)26)27-19-22(18-20-10-4-3-5-11-20)23-13-8-9-15-25(23)27/h3-17,19H,18H2,1-2H3. The van der Waals surface area contributed by atoms with Crippen molar-refractivity contribution < 1.29 is 0 Å². The predicted molar refractivity (Wildman–Crippen MR) is 120 cm³/mol. The topological polar surface area (TPSA) is 0 Å². The second-order valence-electron chi connectivity index (χ2n) is 8.25. The van der Waals surface area contributed by atoms with E-state index in [0.29, 0.717) is 0 Å². The fourth-order valence-corrected chi connectivity index (χ4v) is 7.77. The summed E-state index contributed by atoms with van der Waals surface area (Å²) in [5, 5.41) is 0. The van der Waals surface area contributed by atoms with E-state index in [9.17, 15) is 0 Å². The summed E-state index contributed by atoms with van der Waals surface area (Å²) >= 11 is 0. The molecule has 0 nitrogen and oxygen atoms in total. The summed E-state index contributed by atoms with van der Waals surface area (Å²) in [5.74, 6) is 7.09. The second-order valence-corrected chi connectivity index (χ2v) is 12.6. The summed E-state index contributed by atoms with van der Waals surface area (Å²) in [5.41, 5.74) is 4.48. The van der Waals surface area contributed by atoms with Crippen molar-refractivity contribution in [3.63, 3.8) is 0 Å². The third kappa shape index (κ3) is 3.12. The Labute approximate surface area is 172 Å². The van der Waals surface area contributed by atoms with Crippen molar-refractivity contribution in [3.05, 3.63) is 144 Å². The van der Waals surface area contributed by atoms with Gasteiger partial charge in [-0.1, -0.05) is 92.0 Å². The summed E-state index contributed by atoms with van der Waals surface area (Å²) in [6.07, 6.45) is 26.0. The second kappa shape index (κ2) is 7.33. The highest BCUT2D eigenvalue weighted by Gasteiger charge is 2.55. The van der Waals surface area contributed by atoms with E-state index < -0.39 is 8.07 Å². The minimum Gasteiger partial charge on any atom is -0.0762 e. The zero-order valence-corrected chi connectivity index (χ0v) is 17.4. The van der Waals surface area contributed by atoms with Gasteiger partial charge in [-0.05, 0) is 48.2 Å². The zero-order chi connectivity index (χ0) is 19.1. The van der Waals surface area contributed by atoms with Crippen LogP contribution in [0.3, 0.4) is 0 Å². The van der Waals surface area contributed by atoms with Gasteiger partial charge in [-0.2, -0.15) is 0 Å². The summed E-state index contributed by atoms with van der Waals surface area (Å²) < 4.78 is 0. The van der Waals surface area contributed by atoms with Crippen LogP contribution in [0.15, 0.2) is 78.9 Å². The fourth-order valence-electron chi connectivity index (χ4n) is 4.65.